The van der Waals surface area contributed by atoms with E-state index < -0.39 is 14.1 Å². The van der Waals surface area contributed by atoms with Crippen molar-refractivity contribution < 1.29 is 14.3 Å². The van der Waals surface area contributed by atoms with Crippen LogP contribution in [-0.2, 0) is 4.74 Å². The summed E-state index contributed by atoms with van der Waals surface area (Å²) in [4.78, 5) is 10.5. The molecule has 1 aliphatic rings. The minimum atomic E-state index is -2.20. The Morgan fingerprint density at radius 1 is 1.17 bits per heavy atom. The largest absolute Gasteiger partial charge is 0.462 e. The molecular formula is C19H32O3Si. The van der Waals surface area contributed by atoms with Gasteiger partial charge >= 0.3 is 0 Å². The molecule has 0 fully saturated rings. The van der Waals surface area contributed by atoms with E-state index in [-0.39, 0.29) is 11.1 Å². The molecule has 0 saturated heterocycles. The second-order valence-corrected chi connectivity index (χ2v) is 12.3. The highest BCUT2D eigenvalue weighted by atomic mass is 28.4. The quantitative estimate of drug-likeness (QED) is 0.706. The topological polar surface area (TPSA) is 38.7 Å². The average molecular weight is 337 g/mol. The summed E-state index contributed by atoms with van der Waals surface area (Å²) in [7, 11) is -2.20. The minimum absolute atomic E-state index is 0.0370. The van der Waals surface area contributed by atoms with Crippen molar-refractivity contribution in [3.05, 3.63) is 29.8 Å². The lowest BCUT2D eigenvalue weighted by Gasteiger charge is -2.43. The van der Waals surface area contributed by atoms with Crippen LogP contribution in [0.4, 0.5) is 0 Å². The summed E-state index contributed by atoms with van der Waals surface area (Å²) in [6.45, 7) is 12.6. The Hall–Kier alpha value is -0.843. The number of hydrogen-bond acceptors (Lipinski definition) is 3. The van der Waals surface area contributed by atoms with Crippen molar-refractivity contribution in [2.24, 2.45) is 0 Å². The van der Waals surface area contributed by atoms with E-state index in [0.717, 1.165) is 37.0 Å². The summed E-state index contributed by atoms with van der Waals surface area (Å²) in [5, 5.41) is -0.0370. The summed E-state index contributed by atoms with van der Waals surface area (Å²) in [6.07, 6.45) is 3.56. The van der Waals surface area contributed by atoms with Crippen LogP contribution in [0.2, 0.25) is 18.1 Å². The predicted molar refractivity (Wildman–Crippen MR) is 97.2 cm³/mol. The highest BCUT2D eigenvalue weighted by Crippen LogP contribution is 2.47. The first-order valence-electron chi connectivity index (χ1n) is 8.82. The monoisotopic (exact) mass is 336 g/mol. The molecule has 130 valence electrons. The van der Waals surface area contributed by atoms with Crippen molar-refractivity contribution >= 4 is 8.32 Å². The van der Waals surface area contributed by atoms with Crippen LogP contribution in [-0.4, -0.2) is 18.9 Å². The molecule has 1 heterocycles. The molecule has 0 unspecified atom stereocenters. The van der Waals surface area contributed by atoms with Crippen LogP contribution in [0, 0.1) is 0 Å². The third-order valence-corrected chi connectivity index (χ3v) is 9.25. The second-order valence-electron chi connectivity index (χ2n) is 7.85. The summed E-state index contributed by atoms with van der Waals surface area (Å²) in [6, 6.07) is 8.20. The number of para-hydroxylation sites is 1. The molecule has 3 nitrogen and oxygen atoms in total. The van der Waals surface area contributed by atoms with Gasteiger partial charge in [-0.2, -0.15) is 0 Å². The van der Waals surface area contributed by atoms with E-state index in [9.17, 15) is 4.80 Å². The first kappa shape index (κ1) is 18.5. The first-order valence-corrected chi connectivity index (χ1v) is 11.8. The third kappa shape index (κ3) is 3.81. The zero-order valence-electron chi connectivity index (χ0n) is 15.5. The third-order valence-electron chi connectivity index (χ3n) is 5.68. The summed E-state index contributed by atoms with van der Waals surface area (Å²) < 4.78 is 12.6. The maximum atomic E-state index is 10.5. The lowest BCUT2D eigenvalue weighted by atomic mass is 9.96. The Balaban J connectivity index is 2.23. The van der Waals surface area contributed by atoms with Crippen LogP contribution in [0.3, 0.4) is 0 Å². The van der Waals surface area contributed by atoms with E-state index in [4.69, 9.17) is 9.47 Å². The fraction of sp³-hybridized carbons (Fsp3) is 0.684. The van der Waals surface area contributed by atoms with E-state index in [2.05, 4.69) is 33.8 Å². The van der Waals surface area contributed by atoms with Gasteiger partial charge in [0.25, 0.3) is 0 Å². The summed E-state index contributed by atoms with van der Waals surface area (Å²) >= 11 is 0. The zero-order chi connectivity index (χ0) is 17.3. The van der Waals surface area contributed by atoms with Crippen molar-refractivity contribution in [1.29, 1.82) is 0 Å². The maximum Gasteiger partial charge on any atom is 0.210 e. The van der Waals surface area contributed by atoms with Crippen LogP contribution in [0.1, 0.15) is 65.0 Å². The fourth-order valence-electron chi connectivity index (χ4n) is 2.96. The lowest BCUT2D eigenvalue weighted by Crippen LogP contribution is -2.43. The molecule has 0 radical (unpaired) electrons. The van der Waals surface area contributed by atoms with Gasteiger partial charge in [-0.05, 0) is 37.0 Å². The first-order chi connectivity index (χ1) is 10.6. The van der Waals surface area contributed by atoms with Crippen LogP contribution in [0.5, 0.6) is 5.75 Å². The fourth-order valence-corrected chi connectivity index (χ4v) is 3.72. The molecule has 1 N–H and O–H groups in total. The normalized spacial score (nSPS) is 20.7. The molecular weight excluding hydrogens is 304 g/mol. The second kappa shape index (κ2) is 6.58. The average Bonchev–Trinajstić information content (AvgIpc) is 2.51. The number of rotatable bonds is 6. The van der Waals surface area contributed by atoms with Gasteiger partial charge in [-0.1, -0.05) is 45.9 Å². The molecule has 1 aliphatic heterocycles. The Morgan fingerprint density at radius 2 is 1.78 bits per heavy atom. The van der Waals surface area contributed by atoms with Gasteiger partial charge in [-0.3, -0.25) is 0 Å². The number of ether oxygens (including phenoxy) is 2. The lowest BCUT2D eigenvalue weighted by molar-refractivity contribution is -0.235. The summed E-state index contributed by atoms with van der Waals surface area (Å²) in [5.41, 5.74) is 1.14. The van der Waals surface area contributed by atoms with Gasteiger partial charge in [0.15, 0.2) is 8.32 Å². The number of benzene rings is 1. The Bertz CT molecular complexity index is 530. The van der Waals surface area contributed by atoms with Crippen molar-refractivity contribution in [3.8, 4) is 5.75 Å². The van der Waals surface area contributed by atoms with Gasteiger partial charge in [0, 0.05) is 18.4 Å². The predicted octanol–water partition coefficient (Wildman–Crippen LogP) is 5.41. The van der Waals surface area contributed by atoms with Gasteiger partial charge in [-0.15, -0.1) is 0 Å². The molecule has 0 saturated carbocycles. The zero-order valence-corrected chi connectivity index (χ0v) is 16.5. The molecule has 1 aromatic rings. The SMILES string of the molecule is CCC1(CC)Oc2ccccc2[C@@H](CCC(C)(C)[Si](C)(C)O)O1. The Labute approximate surface area is 142 Å². The van der Waals surface area contributed by atoms with Gasteiger partial charge in [0.1, 0.15) is 5.75 Å². The van der Waals surface area contributed by atoms with Crippen molar-refractivity contribution in [2.75, 3.05) is 0 Å². The summed E-state index contributed by atoms with van der Waals surface area (Å²) in [5.74, 6) is 0.431. The molecule has 0 aromatic heterocycles. The molecule has 4 heteroatoms. The molecule has 1 aromatic carbocycles. The van der Waals surface area contributed by atoms with E-state index in [1.807, 2.05) is 31.3 Å². The molecule has 0 spiro atoms. The molecule has 0 bridgehead atoms. The molecule has 1 atom stereocenters. The highest BCUT2D eigenvalue weighted by Gasteiger charge is 2.42. The van der Waals surface area contributed by atoms with Crippen molar-refractivity contribution in [2.45, 2.75) is 83.4 Å². The Morgan fingerprint density at radius 3 is 2.35 bits per heavy atom. The van der Waals surface area contributed by atoms with E-state index in [1.165, 1.54) is 0 Å². The molecule has 0 aliphatic carbocycles. The van der Waals surface area contributed by atoms with Gasteiger partial charge in [0.05, 0.1) is 6.10 Å². The van der Waals surface area contributed by atoms with Crippen LogP contribution < -0.4 is 4.74 Å². The van der Waals surface area contributed by atoms with E-state index >= 15 is 0 Å². The van der Waals surface area contributed by atoms with E-state index in [0.29, 0.717) is 0 Å². The van der Waals surface area contributed by atoms with Gasteiger partial charge in [0.2, 0.25) is 5.79 Å². The highest BCUT2D eigenvalue weighted by molar-refractivity contribution is 6.72. The van der Waals surface area contributed by atoms with Crippen LogP contribution in [0.15, 0.2) is 24.3 Å². The van der Waals surface area contributed by atoms with Crippen LogP contribution in [0.25, 0.3) is 0 Å². The van der Waals surface area contributed by atoms with E-state index in [1.54, 1.807) is 0 Å². The van der Waals surface area contributed by atoms with Crippen LogP contribution >= 0.6 is 0 Å². The Kier molecular flexibility index (Phi) is 5.29. The number of fused-ring (bicyclic) bond motifs is 1. The van der Waals surface area contributed by atoms with Gasteiger partial charge in [-0.25, -0.2) is 0 Å². The maximum absolute atomic E-state index is 10.5. The smallest absolute Gasteiger partial charge is 0.210 e. The van der Waals surface area contributed by atoms with Crippen molar-refractivity contribution in [3.63, 3.8) is 0 Å². The standard InChI is InChI=1S/C19H32O3Si/c1-7-19(8-2)21-16-12-10-9-11-15(16)17(22-19)13-14-18(3,4)23(5,6)20/h9-12,17,20H,7-8,13-14H2,1-6H3/t17-/m1/s1. The molecule has 23 heavy (non-hydrogen) atoms. The molecule has 2 rings (SSSR count). The van der Waals surface area contributed by atoms with Gasteiger partial charge < -0.3 is 14.3 Å². The minimum Gasteiger partial charge on any atom is -0.462 e. The van der Waals surface area contributed by atoms with Crippen molar-refractivity contribution in [1.82, 2.24) is 0 Å². The molecule has 0 amide bonds. The number of hydrogen-bond donors (Lipinski definition) is 1.